The Kier molecular flexibility index (Phi) is 5.67. The molecular formula is C24H24N4O4S. The van der Waals surface area contributed by atoms with E-state index >= 15 is 0 Å². The summed E-state index contributed by atoms with van der Waals surface area (Å²) in [6.07, 6.45) is 0. The second-order valence-electron chi connectivity index (χ2n) is 8.05. The molecule has 2 heterocycles. The summed E-state index contributed by atoms with van der Waals surface area (Å²) in [6, 6.07) is 13.6. The van der Waals surface area contributed by atoms with Gasteiger partial charge in [-0.15, -0.1) is 0 Å². The summed E-state index contributed by atoms with van der Waals surface area (Å²) in [5.41, 5.74) is 4.56. The number of anilines is 1. The van der Waals surface area contributed by atoms with Crippen LogP contribution in [-0.2, 0) is 10.0 Å². The van der Waals surface area contributed by atoms with Crippen LogP contribution < -0.4 is 10.3 Å². The maximum atomic E-state index is 13.3. The number of aryl methyl sites for hydroxylation is 5. The number of aromatic nitrogens is 3. The summed E-state index contributed by atoms with van der Waals surface area (Å²) in [7, 11) is -3.86. The average molecular weight is 465 g/mol. The van der Waals surface area contributed by atoms with E-state index in [1.807, 2.05) is 26.0 Å². The van der Waals surface area contributed by atoms with Crippen molar-refractivity contribution in [2.24, 2.45) is 0 Å². The fourth-order valence-corrected chi connectivity index (χ4v) is 4.99. The molecule has 0 saturated heterocycles. The van der Waals surface area contributed by atoms with Crippen LogP contribution in [0.1, 0.15) is 28.1 Å². The molecule has 0 spiro atoms. The minimum atomic E-state index is -3.86. The van der Waals surface area contributed by atoms with Gasteiger partial charge in [0.05, 0.1) is 16.3 Å². The van der Waals surface area contributed by atoms with E-state index in [1.165, 1.54) is 10.7 Å². The maximum Gasteiger partial charge on any atom is 0.271 e. The first kappa shape index (κ1) is 22.5. The number of rotatable bonds is 5. The minimum Gasteiger partial charge on any atom is -0.359 e. The third-order valence-electron chi connectivity index (χ3n) is 5.42. The summed E-state index contributed by atoms with van der Waals surface area (Å²) in [6.45, 7) is 8.92. The van der Waals surface area contributed by atoms with Gasteiger partial charge in [0, 0.05) is 11.6 Å². The van der Waals surface area contributed by atoms with Crippen molar-refractivity contribution in [1.82, 2.24) is 14.9 Å². The standard InChI is InChI=1S/C24H24N4O4S/c1-14-6-7-15(2)21(12-14)27-33(30,31)22-13-19(9-8-16(22)3)20-10-11-23(29)28(25-20)24-17(4)26-32-18(24)5/h6-13,27H,1-5H3. The lowest BCUT2D eigenvalue weighted by Gasteiger charge is -2.14. The van der Waals surface area contributed by atoms with E-state index in [-0.39, 0.29) is 10.5 Å². The Bertz CT molecular complexity index is 1520. The van der Waals surface area contributed by atoms with Gasteiger partial charge in [0.1, 0.15) is 11.4 Å². The van der Waals surface area contributed by atoms with Crippen LogP contribution in [0.2, 0.25) is 0 Å². The molecule has 170 valence electrons. The van der Waals surface area contributed by atoms with Crippen LogP contribution in [0, 0.1) is 34.6 Å². The number of nitrogens with one attached hydrogen (secondary N) is 1. The fraction of sp³-hybridized carbons (Fsp3) is 0.208. The van der Waals surface area contributed by atoms with Gasteiger partial charge < -0.3 is 4.52 Å². The fourth-order valence-electron chi connectivity index (χ4n) is 3.60. The molecule has 9 heteroatoms. The first-order chi connectivity index (χ1) is 15.6. The zero-order chi connectivity index (χ0) is 23.9. The van der Waals surface area contributed by atoms with E-state index < -0.39 is 10.0 Å². The van der Waals surface area contributed by atoms with E-state index in [1.54, 1.807) is 51.1 Å². The van der Waals surface area contributed by atoms with Crippen molar-refractivity contribution in [3.8, 4) is 16.9 Å². The molecule has 0 aliphatic carbocycles. The highest BCUT2D eigenvalue weighted by molar-refractivity contribution is 7.92. The molecule has 1 N–H and O–H groups in total. The second-order valence-corrected chi connectivity index (χ2v) is 9.70. The molecule has 33 heavy (non-hydrogen) atoms. The van der Waals surface area contributed by atoms with E-state index in [2.05, 4.69) is 15.0 Å². The Morgan fingerprint density at radius 2 is 1.64 bits per heavy atom. The van der Waals surface area contributed by atoms with Crippen LogP contribution in [0.4, 0.5) is 5.69 Å². The van der Waals surface area contributed by atoms with Crippen molar-refractivity contribution in [3.05, 3.63) is 87.0 Å². The monoisotopic (exact) mass is 464 g/mol. The molecule has 2 aromatic carbocycles. The molecule has 0 radical (unpaired) electrons. The molecule has 0 aliphatic heterocycles. The van der Waals surface area contributed by atoms with Crippen LogP contribution in [0.15, 0.2) is 62.7 Å². The highest BCUT2D eigenvalue weighted by Gasteiger charge is 2.20. The van der Waals surface area contributed by atoms with Crippen molar-refractivity contribution in [1.29, 1.82) is 0 Å². The van der Waals surface area contributed by atoms with Gasteiger partial charge in [-0.05, 0) is 69.5 Å². The van der Waals surface area contributed by atoms with Crippen molar-refractivity contribution < 1.29 is 12.9 Å². The summed E-state index contributed by atoms with van der Waals surface area (Å²) >= 11 is 0. The summed E-state index contributed by atoms with van der Waals surface area (Å²) in [5.74, 6) is 0.462. The van der Waals surface area contributed by atoms with Crippen molar-refractivity contribution in [2.75, 3.05) is 4.72 Å². The number of sulfonamides is 1. The van der Waals surface area contributed by atoms with Crippen LogP contribution in [0.25, 0.3) is 16.9 Å². The maximum absolute atomic E-state index is 13.3. The average Bonchev–Trinajstić information content (AvgIpc) is 3.09. The number of benzene rings is 2. The highest BCUT2D eigenvalue weighted by Crippen LogP contribution is 2.27. The molecule has 0 aliphatic rings. The summed E-state index contributed by atoms with van der Waals surface area (Å²) in [4.78, 5) is 12.6. The summed E-state index contributed by atoms with van der Waals surface area (Å²) in [5, 5.41) is 8.34. The van der Waals surface area contributed by atoms with E-state index in [4.69, 9.17) is 4.52 Å². The Balaban J connectivity index is 1.79. The topological polar surface area (TPSA) is 107 Å². The van der Waals surface area contributed by atoms with Crippen molar-refractivity contribution in [2.45, 2.75) is 39.5 Å². The van der Waals surface area contributed by atoms with Gasteiger partial charge in [0.25, 0.3) is 15.6 Å². The number of hydrogen-bond acceptors (Lipinski definition) is 6. The second kappa shape index (κ2) is 8.32. The third kappa shape index (κ3) is 4.31. The molecule has 4 aromatic rings. The van der Waals surface area contributed by atoms with Crippen molar-refractivity contribution >= 4 is 15.7 Å². The van der Waals surface area contributed by atoms with Gasteiger partial charge >= 0.3 is 0 Å². The lowest BCUT2D eigenvalue weighted by Crippen LogP contribution is -2.21. The Labute approximate surface area is 191 Å². The Morgan fingerprint density at radius 1 is 0.909 bits per heavy atom. The largest absolute Gasteiger partial charge is 0.359 e. The molecule has 0 saturated carbocycles. The van der Waals surface area contributed by atoms with Crippen LogP contribution >= 0.6 is 0 Å². The van der Waals surface area contributed by atoms with Crippen LogP contribution in [0.3, 0.4) is 0 Å². The third-order valence-corrected chi connectivity index (χ3v) is 6.93. The molecule has 0 unspecified atom stereocenters. The summed E-state index contributed by atoms with van der Waals surface area (Å²) < 4.78 is 35.6. The zero-order valence-corrected chi connectivity index (χ0v) is 19.8. The molecule has 0 atom stereocenters. The SMILES string of the molecule is Cc1ccc(C)c(NS(=O)(=O)c2cc(-c3ccc(=O)n(-c4c(C)noc4C)n3)ccc2C)c1. The molecule has 0 fully saturated rings. The first-order valence-electron chi connectivity index (χ1n) is 10.3. The highest BCUT2D eigenvalue weighted by atomic mass is 32.2. The Morgan fingerprint density at radius 3 is 2.33 bits per heavy atom. The molecule has 0 bridgehead atoms. The molecule has 8 nitrogen and oxygen atoms in total. The molecular weight excluding hydrogens is 440 g/mol. The van der Waals surface area contributed by atoms with Crippen molar-refractivity contribution in [3.63, 3.8) is 0 Å². The zero-order valence-electron chi connectivity index (χ0n) is 19.0. The predicted octanol–water partition coefficient (Wildman–Crippen LogP) is 4.23. The van der Waals surface area contributed by atoms with Gasteiger partial charge in [0.2, 0.25) is 0 Å². The molecule has 0 amide bonds. The lowest BCUT2D eigenvalue weighted by atomic mass is 10.1. The van der Waals surface area contributed by atoms with E-state index in [0.29, 0.717) is 39.6 Å². The predicted molar refractivity (Wildman–Crippen MR) is 126 cm³/mol. The van der Waals surface area contributed by atoms with Gasteiger partial charge in [-0.25, -0.2) is 8.42 Å². The van der Waals surface area contributed by atoms with Crippen LogP contribution in [-0.4, -0.2) is 23.4 Å². The molecule has 2 aromatic heterocycles. The smallest absolute Gasteiger partial charge is 0.271 e. The van der Waals surface area contributed by atoms with Gasteiger partial charge in [-0.3, -0.25) is 9.52 Å². The number of nitrogens with zero attached hydrogens (tertiary/aromatic N) is 3. The van der Waals surface area contributed by atoms with Gasteiger partial charge in [-0.1, -0.05) is 29.4 Å². The Hall–Kier alpha value is -3.72. The van der Waals surface area contributed by atoms with E-state index in [0.717, 1.165) is 11.1 Å². The van der Waals surface area contributed by atoms with Gasteiger partial charge in [0.15, 0.2) is 5.76 Å². The quantitative estimate of drug-likeness (QED) is 0.474. The lowest BCUT2D eigenvalue weighted by molar-refractivity contribution is 0.392. The minimum absolute atomic E-state index is 0.137. The van der Waals surface area contributed by atoms with E-state index in [9.17, 15) is 13.2 Å². The van der Waals surface area contributed by atoms with Gasteiger partial charge in [-0.2, -0.15) is 9.78 Å². The first-order valence-corrected chi connectivity index (χ1v) is 11.8. The molecule has 4 rings (SSSR count). The number of hydrogen-bond donors (Lipinski definition) is 1. The normalized spacial score (nSPS) is 11.5. The van der Waals surface area contributed by atoms with Crippen LogP contribution in [0.5, 0.6) is 0 Å².